The average molecular weight is 224 g/mol. The molecule has 80 valence electrons. The molecule has 0 aliphatic heterocycles. The predicted molar refractivity (Wildman–Crippen MR) is 60.0 cm³/mol. The third-order valence-electron chi connectivity index (χ3n) is 1.77. The van der Waals surface area contributed by atoms with Crippen molar-refractivity contribution in [2.45, 2.75) is 13.3 Å². The fourth-order valence-electron chi connectivity index (χ4n) is 0.986. The summed E-state index contributed by atoms with van der Waals surface area (Å²) in [6, 6.07) is 3.64. The highest BCUT2D eigenvalue weighted by molar-refractivity contribution is 7.14. The van der Waals surface area contributed by atoms with E-state index in [1.807, 2.05) is 12.1 Å². The van der Waals surface area contributed by atoms with Crippen molar-refractivity contribution in [3.05, 3.63) is 28.0 Å². The number of esters is 1. The zero-order chi connectivity index (χ0) is 11.3. The maximum absolute atomic E-state index is 11.0. The van der Waals surface area contributed by atoms with Crippen LogP contribution in [0.1, 0.15) is 27.9 Å². The van der Waals surface area contributed by atoms with Crippen LogP contribution >= 0.6 is 11.3 Å². The maximum atomic E-state index is 11.0. The Kier molecular flexibility index (Phi) is 4.24. The van der Waals surface area contributed by atoms with Gasteiger partial charge in [0.05, 0.1) is 18.4 Å². The molecule has 0 fully saturated rings. The second kappa shape index (κ2) is 5.46. The molecule has 0 aliphatic rings. The monoisotopic (exact) mass is 224 g/mol. The zero-order valence-corrected chi connectivity index (χ0v) is 9.47. The lowest BCUT2D eigenvalue weighted by Crippen LogP contribution is -1.96. The number of rotatable bonds is 4. The van der Waals surface area contributed by atoms with Crippen molar-refractivity contribution in [2.24, 2.45) is 0 Å². The first kappa shape index (κ1) is 11.7. The first-order chi connectivity index (χ1) is 7.13. The van der Waals surface area contributed by atoms with Gasteiger partial charge in [-0.1, -0.05) is 6.08 Å². The summed E-state index contributed by atoms with van der Waals surface area (Å²) >= 11 is 1.41. The van der Waals surface area contributed by atoms with E-state index in [0.29, 0.717) is 0 Å². The molecule has 0 bridgehead atoms. The van der Waals surface area contributed by atoms with Crippen LogP contribution in [0.2, 0.25) is 0 Å². The minimum atomic E-state index is -0.269. The van der Waals surface area contributed by atoms with Gasteiger partial charge in [-0.05, 0) is 25.1 Å². The molecule has 0 radical (unpaired) electrons. The van der Waals surface area contributed by atoms with Crippen molar-refractivity contribution in [1.29, 1.82) is 0 Å². The number of thiophene rings is 1. The van der Waals surface area contributed by atoms with E-state index in [1.165, 1.54) is 25.4 Å². The number of methoxy groups -OCH3 is 1. The van der Waals surface area contributed by atoms with Gasteiger partial charge in [0.1, 0.15) is 0 Å². The van der Waals surface area contributed by atoms with Crippen molar-refractivity contribution in [3.63, 3.8) is 0 Å². The van der Waals surface area contributed by atoms with Crippen LogP contribution in [0.3, 0.4) is 0 Å². The van der Waals surface area contributed by atoms with Gasteiger partial charge >= 0.3 is 5.97 Å². The molecule has 0 saturated carbocycles. The number of ketones is 1. The molecule has 0 amide bonds. The number of carbonyl (C=O) groups excluding carboxylic acids is 2. The molecular formula is C11H12O3S. The molecule has 0 N–H and O–H groups in total. The minimum Gasteiger partial charge on any atom is -0.469 e. The highest BCUT2D eigenvalue weighted by Gasteiger charge is 2.01. The Labute approximate surface area is 92.4 Å². The van der Waals surface area contributed by atoms with Crippen molar-refractivity contribution >= 4 is 29.2 Å². The number of ether oxygens (including phenoxy) is 1. The highest BCUT2D eigenvalue weighted by atomic mass is 32.1. The number of hydrogen-bond donors (Lipinski definition) is 0. The van der Waals surface area contributed by atoms with Crippen molar-refractivity contribution in [2.75, 3.05) is 7.11 Å². The summed E-state index contributed by atoms with van der Waals surface area (Å²) in [6.45, 7) is 1.54. The van der Waals surface area contributed by atoms with E-state index in [4.69, 9.17) is 0 Å². The van der Waals surface area contributed by atoms with Crippen LogP contribution in [-0.2, 0) is 9.53 Å². The van der Waals surface area contributed by atoms with Gasteiger partial charge in [-0.2, -0.15) is 0 Å². The van der Waals surface area contributed by atoms with Gasteiger partial charge in [-0.3, -0.25) is 9.59 Å². The summed E-state index contributed by atoms with van der Waals surface area (Å²) in [5.41, 5.74) is 0. The molecule has 0 aromatic carbocycles. The SMILES string of the molecule is COC(=O)CC=Cc1ccc(C(C)=O)s1. The summed E-state index contributed by atoms with van der Waals surface area (Å²) in [4.78, 5) is 23.5. The standard InChI is InChI=1S/C11H12O3S/c1-8(12)10-7-6-9(15-10)4-3-5-11(13)14-2/h3-4,6-7H,5H2,1-2H3. The summed E-state index contributed by atoms with van der Waals surface area (Å²) in [7, 11) is 1.36. The molecule has 15 heavy (non-hydrogen) atoms. The van der Waals surface area contributed by atoms with Gasteiger partial charge in [0.2, 0.25) is 0 Å². The smallest absolute Gasteiger partial charge is 0.309 e. The van der Waals surface area contributed by atoms with Crippen LogP contribution in [0, 0.1) is 0 Å². The predicted octanol–water partition coefficient (Wildman–Crippen LogP) is 2.53. The largest absolute Gasteiger partial charge is 0.469 e. The van der Waals surface area contributed by atoms with E-state index in [9.17, 15) is 9.59 Å². The molecule has 0 aliphatic carbocycles. The third kappa shape index (κ3) is 3.67. The molecule has 1 aromatic heterocycles. The van der Waals surface area contributed by atoms with Gasteiger partial charge < -0.3 is 4.74 Å². The summed E-state index contributed by atoms with van der Waals surface area (Å²) in [5, 5.41) is 0. The Morgan fingerprint density at radius 2 is 2.20 bits per heavy atom. The normalized spacial score (nSPS) is 10.5. The van der Waals surface area contributed by atoms with Crippen molar-refractivity contribution in [1.82, 2.24) is 0 Å². The van der Waals surface area contributed by atoms with E-state index in [2.05, 4.69) is 4.74 Å². The van der Waals surface area contributed by atoms with Crippen LogP contribution in [0.15, 0.2) is 18.2 Å². The van der Waals surface area contributed by atoms with Gasteiger partial charge in [-0.15, -0.1) is 11.3 Å². The summed E-state index contributed by atoms with van der Waals surface area (Å²) in [6.07, 6.45) is 3.79. The summed E-state index contributed by atoms with van der Waals surface area (Å²) < 4.78 is 4.49. The Balaban J connectivity index is 2.57. The second-order valence-corrected chi connectivity index (χ2v) is 4.06. The van der Waals surface area contributed by atoms with Crippen LogP contribution in [0.5, 0.6) is 0 Å². The van der Waals surface area contributed by atoms with Gasteiger partial charge in [-0.25, -0.2) is 0 Å². The van der Waals surface area contributed by atoms with Crippen molar-refractivity contribution < 1.29 is 14.3 Å². The lowest BCUT2D eigenvalue weighted by Gasteiger charge is -1.91. The van der Waals surface area contributed by atoms with Gasteiger partial charge in [0, 0.05) is 4.88 Å². The Morgan fingerprint density at radius 3 is 2.73 bits per heavy atom. The molecule has 1 aromatic rings. The van der Waals surface area contributed by atoms with Crippen LogP contribution in [0.4, 0.5) is 0 Å². The molecule has 0 unspecified atom stereocenters. The van der Waals surface area contributed by atoms with E-state index >= 15 is 0 Å². The lowest BCUT2D eigenvalue weighted by atomic mass is 10.3. The second-order valence-electron chi connectivity index (χ2n) is 2.94. The number of hydrogen-bond acceptors (Lipinski definition) is 4. The van der Waals surface area contributed by atoms with Gasteiger partial charge in [0.15, 0.2) is 5.78 Å². The Bertz CT molecular complexity index is 390. The lowest BCUT2D eigenvalue weighted by molar-refractivity contribution is -0.139. The highest BCUT2D eigenvalue weighted by Crippen LogP contribution is 2.18. The van der Waals surface area contributed by atoms with Crippen LogP contribution in [0.25, 0.3) is 6.08 Å². The molecular weight excluding hydrogens is 212 g/mol. The van der Waals surface area contributed by atoms with E-state index in [0.717, 1.165) is 9.75 Å². The number of Topliss-reactive ketones (excluding diaryl/α,β-unsaturated/α-hetero) is 1. The van der Waals surface area contributed by atoms with E-state index in [-0.39, 0.29) is 18.2 Å². The fourth-order valence-corrected chi connectivity index (χ4v) is 1.82. The maximum Gasteiger partial charge on any atom is 0.309 e. The molecule has 1 heterocycles. The fraction of sp³-hybridized carbons (Fsp3) is 0.273. The van der Waals surface area contributed by atoms with Gasteiger partial charge in [0.25, 0.3) is 0 Å². The van der Waals surface area contributed by atoms with E-state index in [1.54, 1.807) is 12.1 Å². The third-order valence-corrected chi connectivity index (χ3v) is 2.92. The Morgan fingerprint density at radius 1 is 1.47 bits per heavy atom. The number of carbonyl (C=O) groups is 2. The van der Waals surface area contributed by atoms with Crippen LogP contribution < -0.4 is 0 Å². The Hall–Kier alpha value is -1.42. The molecule has 0 atom stereocenters. The summed E-state index contributed by atoms with van der Waals surface area (Å²) in [5.74, 6) is -0.206. The minimum absolute atomic E-state index is 0.0626. The van der Waals surface area contributed by atoms with E-state index < -0.39 is 0 Å². The molecule has 3 nitrogen and oxygen atoms in total. The quantitative estimate of drug-likeness (QED) is 0.583. The molecule has 4 heteroatoms. The zero-order valence-electron chi connectivity index (χ0n) is 8.65. The first-order valence-corrected chi connectivity index (χ1v) is 5.29. The first-order valence-electron chi connectivity index (χ1n) is 4.47. The molecule has 0 spiro atoms. The topological polar surface area (TPSA) is 43.4 Å². The molecule has 1 rings (SSSR count). The molecule has 0 saturated heterocycles. The van der Waals surface area contributed by atoms with Crippen molar-refractivity contribution in [3.8, 4) is 0 Å². The average Bonchev–Trinajstić information content (AvgIpc) is 2.66. The van der Waals surface area contributed by atoms with Crippen LogP contribution in [-0.4, -0.2) is 18.9 Å².